The third kappa shape index (κ3) is 1.98. The number of carbonyl (C=O) groups is 1. The Morgan fingerprint density at radius 1 is 1.36 bits per heavy atom. The molecule has 14 heavy (non-hydrogen) atoms. The van der Waals surface area contributed by atoms with E-state index >= 15 is 0 Å². The number of aliphatic imine (C=N–C) groups is 1. The Balaban J connectivity index is 2.02. The van der Waals surface area contributed by atoms with E-state index < -0.39 is 0 Å². The number of amides is 1. The van der Waals surface area contributed by atoms with Gasteiger partial charge in [0.1, 0.15) is 12.4 Å². The summed E-state index contributed by atoms with van der Waals surface area (Å²) in [5.74, 6) is 1.01. The molecule has 6 nitrogen and oxygen atoms in total. The van der Waals surface area contributed by atoms with Gasteiger partial charge in [0, 0.05) is 6.20 Å². The van der Waals surface area contributed by atoms with Crippen LogP contribution in [0.1, 0.15) is 0 Å². The number of guanidine groups is 1. The Morgan fingerprint density at radius 3 is 2.93 bits per heavy atom. The minimum absolute atomic E-state index is 0.127. The first-order valence-electron chi connectivity index (χ1n) is 4.12. The zero-order valence-electron chi connectivity index (χ0n) is 7.32. The molecule has 1 aliphatic heterocycles. The summed E-state index contributed by atoms with van der Waals surface area (Å²) < 4.78 is 0. The molecule has 1 amide bonds. The first-order valence-corrected chi connectivity index (χ1v) is 4.12. The van der Waals surface area contributed by atoms with Crippen molar-refractivity contribution in [1.82, 2.24) is 15.8 Å². The highest BCUT2D eigenvalue weighted by Crippen LogP contribution is 1.99. The van der Waals surface area contributed by atoms with Gasteiger partial charge in [0.15, 0.2) is 0 Å². The maximum atomic E-state index is 10.7. The number of aromatic nitrogens is 1. The van der Waals surface area contributed by atoms with Crippen LogP contribution in [0.25, 0.3) is 0 Å². The summed E-state index contributed by atoms with van der Waals surface area (Å²) in [5.41, 5.74) is 5.06. The average Bonchev–Trinajstić information content (AvgIpc) is 2.23. The smallest absolute Gasteiger partial charge is 0.260 e. The van der Waals surface area contributed by atoms with E-state index in [0.717, 1.165) is 0 Å². The van der Waals surface area contributed by atoms with E-state index in [0.29, 0.717) is 11.8 Å². The van der Waals surface area contributed by atoms with Crippen LogP contribution in [0.15, 0.2) is 29.4 Å². The van der Waals surface area contributed by atoms with Crippen molar-refractivity contribution in [1.29, 1.82) is 0 Å². The Kier molecular flexibility index (Phi) is 2.26. The topological polar surface area (TPSA) is 78.4 Å². The van der Waals surface area contributed by atoms with Crippen LogP contribution in [0.2, 0.25) is 0 Å². The molecule has 0 spiro atoms. The number of nitrogens with one attached hydrogen (secondary N) is 3. The van der Waals surface area contributed by atoms with Gasteiger partial charge in [-0.05, 0) is 12.1 Å². The molecule has 0 unspecified atom stereocenters. The second-order valence-corrected chi connectivity index (χ2v) is 2.68. The van der Waals surface area contributed by atoms with Gasteiger partial charge in [0.05, 0.1) is 0 Å². The van der Waals surface area contributed by atoms with Crippen LogP contribution in [0.3, 0.4) is 0 Å². The lowest BCUT2D eigenvalue weighted by Crippen LogP contribution is -2.49. The lowest BCUT2D eigenvalue weighted by Gasteiger charge is -2.15. The summed E-state index contributed by atoms with van der Waals surface area (Å²) in [6.45, 7) is 0.127. The minimum atomic E-state index is -0.156. The minimum Gasteiger partial charge on any atom is -0.310 e. The van der Waals surface area contributed by atoms with Gasteiger partial charge < -0.3 is 5.32 Å². The van der Waals surface area contributed by atoms with Gasteiger partial charge in [-0.15, -0.1) is 0 Å². The van der Waals surface area contributed by atoms with E-state index in [2.05, 4.69) is 26.1 Å². The SMILES string of the molecule is O=C1CN=C(Nc2ccccn2)NN1. The summed E-state index contributed by atoms with van der Waals surface area (Å²) in [6.07, 6.45) is 1.67. The standard InChI is InChI=1S/C8H9N5O/c14-7-5-10-8(13-12-7)11-6-3-1-2-4-9-6/h1-4H,5H2,(H,12,14)(H2,9,10,11,13). The number of hydrazine groups is 1. The van der Waals surface area contributed by atoms with Crippen molar-refractivity contribution >= 4 is 17.7 Å². The second-order valence-electron chi connectivity index (χ2n) is 2.68. The molecule has 1 aliphatic rings. The molecule has 0 bridgehead atoms. The van der Waals surface area contributed by atoms with Gasteiger partial charge in [-0.2, -0.15) is 0 Å². The molecule has 6 heteroatoms. The lowest BCUT2D eigenvalue weighted by atomic mass is 10.5. The van der Waals surface area contributed by atoms with Gasteiger partial charge in [0.2, 0.25) is 5.96 Å². The molecule has 2 heterocycles. The molecule has 1 aromatic heterocycles. The van der Waals surface area contributed by atoms with E-state index in [1.165, 1.54) is 0 Å². The predicted octanol–water partition coefficient (Wildman–Crippen LogP) is -0.516. The highest BCUT2D eigenvalue weighted by Gasteiger charge is 2.09. The Labute approximate surface area is 80.4 Å². The quantitative estimate of drug-likeness (QED) is 0.558. The van der Waals surface area contributed by atoms with Gasteiger partial charge in [-0.25, -0.2) is 9.98 Å². The van der Waals surface area contributed by atoms with Crippen LogP contribution in [0.4, 0.5) is 5.82 Å². The number of nitrogens with zero attached hydrogens (tertiary/aromatic N) is 2. The Bertz CT molecular complexity index is 361. The van der Waals surface area contributed by atoms with Crippen molar-refractivity contribution < 1.29 is 4.79 Å². The molecule has 0 aromatic carbocycles. The number of pyridine rings is 1. The summed E-state index contributed by atoms with van der Waals surface area (Å²) in [5, 5.41) is 2.91. The number of carbonyl (C=O) groups excluding carboxylic acids is 1. The molecule has 0 saturated carbocycles. The van der Waals surface area contributed by atoms with Crippen molar-refractivity contribution in [3.05, 3.63) is 24.4 Å². The van der Waals surface area contributed by atoms with Crippen molar-refractivity contribution in [2.45, 2.75) is 0 Å². The van der Waals surface area contributed by atoms with Crippen molar-refractivity contribution in [2.24, 2.45) is 4.99 Å². The fourth-order valence-electron chi connectivity index (χ4n) is 0.988. The average molecular weight is 191 g/mol. The van der Waals surface area contributed by atoms with E-state index in [1.807, 2.05) is 12.1 Å². The maximum Gasteiger partial charge on any atom is 0.260 e. The Hall–Kier alpha value is -2.11. The molecule has 2 rings (SSSR count). The highest BCUT2D eigenvalue weighted by atomic mass is 16.2. The number of hydrogen-bond acceptors (Lipinski definition) is 5. The zero-order valence-corrected chi connectivity index (χ0v) is 7.32. The van der Waals surface area contributed by atoms with E-state index in [9.17, 15) is 4.79 Å². The van der Waals surface area contributed by atoms with Crippen LogP contribution in [0, 0.1) is 0 Å². The fourth-order valence-corrected chi connectivity index (χ4v) is 0.988. The molecule has 0 saturated heterocycles. The van der Waals surface area contributed by atoms with E-state index in [-0.39, 0.29) is 12.5 Å². The predicted molar refractivity (Wildman–Crippen MR) is 51.4 cm³/mol. The summed E-state index contributed by atoms with van der Waals surface area (Å²) in [7, 11) is 0. The fraction of sp³-hybridized carbons (Fsp3) is 0.125. The first-order chi connectivity index (χ1) is 6.84. The zero-order chi connectivity index (χ0) is 9.80. The number of rotatable bonds is 1. The summed E-state index contributed by atoms with van der Waals surface area (Å²) in [6, 6.07) is 5.49. The molecule has 0 radical (unpaired) electrons. The van der Waals surface area contributed by atoms with Crippen molar-refractivity contribution in [2.75, 3.05) is 11.9 Å². The monoisotopic (exact) mass is 191 g/mol. The largest absolute Gasteiger partial charge is 0.310 e. The van der Waals surface area contributed by atoms with E-state index in [4.69, 9.17) is 0 Å². The van der Waals surface area contributed by atoms with Crippen LogP contribution < -0.4 is 16.2 Å². The number of hydrogen-bond donors (Lipinski definition) is 3. The first kappa shape index (κ1) is 8.49. The van der Waals surface area contributed by atoms with E-state index in [1.54, 1.807) is 12.3 Å². The van der Waals surface area contributed by atoms with Crippen molar-refractivity contribution in [3.63, 3.8) is 0 Å². The number of anilines is 1. The van der Waals surface area contributed by atoms with Gasteiger partial charge >= 0.3 is 0 Å². The van der Waals surface area contributed by atoms with Gasteiger partial charge in [-0.1, -0.05) is 6.07 Å². The molecular formula is C8H9N5O. The Morgan fingerprint density at radius 2 is 2.29 bits per heavy atom. The second kappa shape index (κ2) is 3.73. The molecule has 0 aliphatic carbocycles. The molecule has 0 atom stereocenters. The molecule has 1 aromatic rings. The van der Waals surface area contributed by atoms with Crippen LogP contribution in [0.5, 0.6) is 0 Å². The highest BCUT2D eigenvalue weighted by molar-refractivity contribution is 5.97. The third-order valence-electron chi connectivity index (χ3n) is 1.61. The molecular weight excluding hydrogens is 182 g/mol. The lowest BCUT2D eigenvalue weighted by molar-refractivity contribution is -0.120. The van der Waals surface area contributed by atoms with Crippen LogP contribution >= 0.6 is 0 Å². The van der Waals surface area contributed by atoms with Gasteiger partial charge in [-0.3, -0.25) is 15.6 Å². The maximum absolute atomic E-state index is 10.7. The van der Waals surface area contributed by atoms with Gasteiger partial charge in [0.25, 0.3) is 5.91 Å². The normalized spacial score (nSPS) is 15.1. The van der Waals surface area contributed by atoms with Crippen LogP contribution in [-0.2, 0) is 4.79 Å². The van der Waals surface area contributed by atoms with Crippen molar-refractivity contribution in [3.8, 4) is 0 Å². The molecule has 72 valence electrons. The third-order valence-corrected chi connectivity index (χ3v) is 1.61. The summed E-state index contributed by atoms with van der Waals surface area (Å²) in [4.78, 5) is 18.7. The summed E-state index contributed by atoms with van der Waals surface area (Å²) >= 11 is 0. The van der Waals surface area contributed by atoms with Crippen LogP contribution in [-0.4, -0.2) is 23.4 Å². The molecule has 0 fully saturated rings. The molecule has 3 N–H and O–H groups in total.